The van der Waals surface area contributed by atoms with Gasteiger partial charge in [-0.25, -0.2) is 4.79 Å². The maximum atomic E-state index is 11.8. The lowest BCUT2D eigenvalue weighted by atomic mass is 10.1. The van der Waals surface area contributed by atoms with Crippen molar-refractivity contribution in [2.24, 2.45) is 5.73 Å². The molecule has 1 aromatic carbocycles. The highest BCUT2D eigenvalue weighted by molar-refractivity contribution is 5.94. The molecular formula is C14H20N2O5. The normalized spacial score (nSPS) is 11.7. The number of carbonyl (C=O) groups excluding carboxylic acids is 1. The molecule has 1 amide bonds. The molecule has 0 radical (unpaired) electrons. The van der Waals surface area contributed by atoms with Crippen LogP contribution < -0.4 is 15.8 Å². The fraction of sp³-hybridized carbons (Fsp3) is 0.429. The van der Waals surface area contributed by atoms with Crippen molar-refractivity contribution < 1.29 is 24.2 Å². The average Bonchev–Trinajstić information content (AvgIpc) is 2.46. The minimum atomic E-state index is -1.05. The summed E-state index contributed by atoms with van der Waals surface area (Å²) >= 11 is 0. The van der Waals surface area contributed by atoms with Crippen molar-refractivity contribution in [3.63, 3.8) is 0 Å². The molecule has 0 aliphatic carbocycles. The van der Waals surface area contributed by atoms with Crippen LogP contribution in [0.15, 0.2) is 24.3 Å². The third-order valence-corrected chi connectivity index (χ3v) is 2.68. The van der Waals surface area contributed by atoms with Crippen molar-refractivity contribution >= 4 is 17.6 Å². The van der Waals surface area contributed by atoms with Gasteiger partial charge in [-0.05, 0) is 37.1 Å². The predicted molar refractivity (Wildman–Crippen MR) is 77.3 cm³/mol. The Kier molecular flexibility index (Phi) is 7.20. The Morgan fingerprint density at radius 2 is 2.00 bits per heavy atom. The molecule has 4 N–H and O–H groups in total. The topological polar surface area (TPSA) is 111 Å². The fourth-order valence-electron chi connectivity index (χ4n) is 1.59. The molecule has 0 saturated heterocycles. The van der Waals surface area contributed by atoms with Gasteiger partial charge in [0.15, 0.2) is 6.61 Å². The number of hydrogen-bond acceptors (Lipinski definition) is 5. The SMILES string of the molecule is COCCCC(N)C(=O)Nc1ccc(OCC(=O)O)cc1. The number of carboxylic acids is 1. The number of carbonyl (C=O) groups is 2. The number of nitrogens with two attached hydrogens (primary N) is 1. The zero-order valence-electron chi connectivity index (χ0n) is 11.9. The highest BCUT2D eigenvalue weighted by Crippen LogP contribution is 2.16. The van der Waals surface area contributed by atoms with Crippen LogP contribution in [-0.4, -0.2) is 43.3 Å². The molecule has 0 fully saturated rings. The molecule has 1 unspecified atom stereocenters. The number of nitrogens with one attached hydrogen (secondary N) is 1. The van der Waals surface area contributed by atoms with E-state index in [0.29, 0.717) is 30.9 Å². The van der Waals surface area contributed by atoms with Gasteiger partial charge in [-0.15, -0.1) is 0 Å². The van der Waals surface area contributed by atoms with Gasteiger partial charge in [0.2, 0.25) is 5.91 Å². The molecule has 116 valence electrons. The van der Waals surface area contributed by atoms with Crippen molar-refractivity contribution in [2.75, 3.05) is 25.6 Å². The number of benzene rings is 1. The summed E-state index contributed by atoms with van der Waals surface area (Å²) < 4.78 is 9.89. The molecule has 0 aliphatic rings. The second-order valence-electron chi connectivity index (χ2n) is 4.44. The summed E-state index contributed by atoms with van der Waals surface area (Å²) in [5.41, 5.74) is 6.33. The number of anilines is 1. The molecule has 7 heteroatoms. The predicted octanol–water partition coefficient (Wildman–Crippen LogP) is 0.842. The van der Waals surface area contributed by atoms with E-state index in [0.717, 1.165) is 0 Å². The molecule has 7 nitrogen and oxygen atoms in total. The summed E-state index contributed by atoms with van der Waals surface area (Å²) in [6.45, 7) is 0.159. The number of hydrogen-bond donors (Lipinski definition) is 3. The Morgan fingerprint density at radius 1 is 1.33 bits per heavy atom. The van der Waals surface area contributed by atoms with E-state index in [1.54, 1.807) is 31.4 Å². The number of methoxy groups -OCH3 is 1. The van der Waals surface area contributed by atoms with Crippen molar-refractivity contribution in [3.8, 4) is 5.75 Å². The summed E-state index contributed by atoms with van der Waals surface area (Å²) in [5, 5.41) is 11.2. The number of amides is 1. The van der Waals surface area contributed by atoms with Crippen LogP contribution in [0, 0.1) is 0 Å². The van der Waals surface area contributed by atoms with Crippen LogP contribution >= 0.6 is 0 Å². The number of aliphatic carboxylic acids is 1. The van der Waals surface area contributed by atoms with E-state index in [4.69, 9.17) is 20.3 Å². The zero-order chi connectivity index (χ0) is 15.7. The number of carboxylic acid groups (broad SMARTS) is 1. The Morgan fingerprint density at radius 3 is 2.57 bits per heavy atom. The van der Waals surface area contributed by atoms with Crippen LogP contribution in [0.2, 0.25) is 0 Å². The van der Waals surface area contributed by atoms with Gasteiger partial charge in [-0.2, -0.15) is 0 Å². The van der Waals surface area contributed by atoms with Crippen LogP contribution in [0.1, 0.15) is 12.8 Å². The Labute approximate surface area is 123 Å². The van der Waals surface area contributed by atoms with E-state index in [9.17, 15) is 9.59 Å². The van der Waals surface area contributed by atoms with Crippen molar-refractivity contribution in [3.05, 3.63) is 24.3 Å². The van der Waals surface area contributed by atoms with E-state index in [2.05, 4.69) is 5.32 Å². The Bertz CT molecular complexity index is 461. The second kappa shape index (κ2) is 8.93. The summed E-state index contributed by atoms with van der Waals surface area (Å²) in [7, 11) is 1.60. The molecule has 1 rings (SSSR count). The fourth-order valence-corrected chi connectivity index (χ4v) is 1.59. The first-order valence-electron chi connectivity index (χ1n) is 6.53. The smallest absolute Gasteiger partial charge is 0.341 e. The molecule has 1 aromatic rings. The zero-order valence-corrected chi connectivity index (χ0v) is 11.9. The lowest BCUT2D eigenvalue weighted by Crippen LogP contribution is -2.35. The minimum Gasteiger partial charge on any atom is -0.482 e. The minimum absolute atomic E-state index is 0.273. The van der Waals surface area contributed by atoms with Gasteiger partial charge in [0.1, 0.15) is 5.75 Å². The van der Waals surface area contributed by atoms with Gasteiger partial charge in [0.25, 0.3) is 0 Å². The molecule has 0 aliphatic heterocycles. The lowest BCUT2D eigenvalue weighted by molar-refractivity contribution is -0.139. The van der Waals surface area contributed by atoms with Gasteiger partial charge in [0.05, 0.1) is 6.04 Å². The molecule has 0 spiro atoms. The number of rotatable bonds is 9. The molecule has 0 bridgehead atoms. The number of ether oxygens (including phenoxy) is 2. The summed E-state index contributed by atoms with van der Waals surface area (Å²) in [5.74, 6) is -0.903. The third kappa shape index (κ3) is 6.73. The van der Waals surface area contributed by atoms with E-state index in [1.165, 1.54) is 0 Å². The van der Waals surface area contributed by atoms with Crippen molar-refractivity contribution in [1.29, 1.82) is 0 Å². The van der Waals surface area contributed by atoms with Crippen molar-refractivity contribution in [2.45, 2.75) is 18.9 Å². The standard InChI is InChI=1S/C14H20N2O5/c1-20-8-2-3-12(15)14(19)16-10-4-6-11(7-5-10)21-9-13(17)18/h4-7,12H,2-3,8-9,15H2,1H3,(H,16,19)(H,17,18). The maximum Gasteiger partial charge on any atom is 0.341 e. The van der Waals surface area contributed by atoms with Gasteiger partial charge >= 0.3 is 5.97 Å². The van der Waals surface area contributed by atoms with Crippen molar-refractivity contribution in [1.82, 2.24) is 0 Å². The third-order valence-electron chi connectivity index (χ3n) is 2.68. The largest absolute Gasteiger partial charge is 0.482 e. The van der Waals surface area contributed by atoms with Crippen LogP contribution in [0.25, 0.3) is 0 Å². The molecule has 0 heterocycles. The molecular weight excluding hydrogens is 276 g/mol. The first-order valence-corrected chi connectivity index (χ1v) is 6.53. The Balaban J connectivity index is 2.43. The first-order chi connectivity index (χ1) is 10.0. The van der Waals surface area contributed by atoms with Crippen LogP contribution in [0.3, 0.4) is 0 Å². The van der Waals surface area contributed by atoms with Gasteiger partial charge in [-0.3, -0.25) is 4.79 Å². The average molecular weight is 296 g/mol. The monoisotopic (exact) mass is 296 g/mol. The van der Waals surface area contributed by atoms with Gasteiger partial charge in [0, 0.05) is 19.4 Å². The van der Waals surface area contributed by atoms with E-state index < -0.39 is 18.6 Å². The quantitative estimate of drug-likeness (QED) is 0.582. The van der Waals surface area contributed by atoms with Crippen LogP contribution in [0.4, 0.5) is 5.69 Å². The highest BCUT2D eigenvalue weighted by Gasteiger charge is 2.13. The highest BCUT2D eigenvalue weighted by atomic mass is 16.5. The van der Waals surface area contributed by atoms with Gasteiger partial charge < -0.3 is 25.6 Å². The maximum absolute atomic E-state index is 11.8. The van der Waals surface area contributed by atoms with Gasteiger partial charge in [-0.1, -0.05) is 0 Å². The van der Waals surface area contributed by atoms with E-state index >= 15 is 0 Å². The molecule has 21 heavy (non-hydrogen) atoms. The Hall–Kier alpha value is -2.12. The van der Waals surface area contributed by atoms with E-state index in [-0.39, 0.29) is 5.91 Å². The van der Waals surface area contributed by atoms with E-state index in [1.807, 2.05) is 0 Å². The summed E-state index contributed by atoms with van der Waals surface area (Å²) in [6.07, 6.45) is 1.26. The summed E-state index contributed by atoms with van der Waals surface area (Å²) in [6, 6.07) is 5.81. The van der Waals surface area contributed by atoms with Crippen LogP contribution in [0.5, 0.6) is 5.75 Å². The van der Waals surface area contributed by atoms with Crippen LogP contribution in [-0.2, 0) is 14.3 Å². The lowest BCUT2D eigenvalue weighted by Gasteiger charge is -2.12. The second-order valence-corrected chi connectivity index (χ2v) is 4.44. The summed E-state index contributed by atoms with van der Waals surface area (Å²) in [4.78, 5) is 22.2. The first kappa shape index (κ1) is 16.9. The molecule has 0 saturated carbocycles. The molecule has 1 atom stereocenters. The molecule has 0 aromatic heterocycles.